The largest absolute Gasteiger partial charge is 0.367 e. The standard InChI is InChI=1S/C15H23ClN2/c1-11(2)8-9-18(13-6-7-13)15-12(10-17)4-3-5-14(15)16/h3-5,11,13H,6-10,17H2,1-2H3. The monoisotopic (exact) mass is 266 g/mol. The molecule has 1 fully saturated rings. The molecule has 0 atom stereocenters. The van der Waals surface area contributed by atoms with E-state index in [1.807, 2.05) is 12.1 Å². The SMILES string of the molecule is CC(C)CCN(c1c(Cl)cccc1CN)C1CC1. The number of nitrogens with two attached hydrogens (primary N) is 1. The van der Waals surface area contributed by atoms with Gasteiger partial charge in [0.2, 0.25) is 0 Å². The van der Waals surface area contributed by atoms with Crippen LogP contribution in [0.25, 0.3) is 0 Å². The Morgan fingerprint density at radius 2 is 2.11 bits per heavy atom. The van der Waals surface area contributed by atoms with Crippen LogP contribution in [0.5, 0.6) is 0 Å². The molecule has 100 valence electrons. The zero-order valence-electron chi connectivity index (χ0n) is 11.3. The Morgan fingerprint density at radius 3 is 2.67 bits per heavy atom. The van der Waals surface area contributed by atoms with Gasteiger partial charge >= 0.3 is 0 Å². The summed E-state index contributed by atoms with van der Waals surface area (Å²) in [5.41, 5.74) is 8.18. The van der Waals surface area contributed by atoms with E-state index in [0.29, 0.717) is 12.6 Å². The van der Waals surface area contributed by atoms with Crippen molar-refractivity contribution >= 4 is 17.3 Å². The van der Waals surface area contributed by atoms with Crippen molar-refractivity contribution in [3.8, 4) is 0 Å². The predicted molar refractivity (Wildman–Crippen MR) is 79.2 cm³/mol. The fraction of sp³-hybridized carbons (Fsp3) is 0.600. The molecule has 0 radical (unpaired) electrons. The molecule has 2 nitrogen and oxygen atoms in total. The maximum Gasteiger partial charge on any atom is 0.0643 e. The molecule has 0 unspecified atom stereocenters. The number of hydrogen-bond donors (Lipinski definition) is 1. The van der Waals surface area contributed by atoms with Crippen LogP contribution in [-0.2, 0) is 6.54 Å². The zero-order valence-corrected chi connectivity index (χ0v) is 12.1. The van der Waals surface area contributed by atoms with Crippen molar-refractivity contribution in [1.29, 1.82) is 0 Å². The summed E-state index contributed by atoms with van der Waals surface area (Å²) in [4.78, 5) is 2.48. The molecule has 0 aliphatic heterocycles. The van der Waals surface area contributed by atoms with Crippen molar-refractivity contribution in [3.63, 3.8) is 0 Å². The van der Waals surface area contributed by atoms with Gasteiger partial charge in [-0.05, 0) is 36.8 Å². The summed E-state index contributed by atoms with van der Waals surface area (Å²) >= 11 is 6.39. The van der Waals surface area contributed by atoms with Gasteiger partial charge < -0.3 is 10.6 Å². The van der Waals surface area contributed by atoms with Crippen LogP contribution in [0.3, 0.4) is 0 Å². The zero-order chi connectivity index (χ0) is 13.1. The van der Waals surface area contributed by atoms with Crippen molar-refractivity contribution in [3.05, 3.63) is 28.8 Å². The third-order valence-electron chi connectivity index (χ3n) is 3.51. The normalized spacial score (nSPS) is 15.2. The van der Waals surface area contributed by atoms with Gasteiger partial charge in [-0.1, -0.05) is 37.6 Å². The Balaban J connectivity index is 2.24. The van der Waals surface area contributed by atoms with E-state index in [2.05, 4.69) is 24.8 Å². The fourth-order valence-corrected chi connectivity index (χ4v) is 2.61. The molecule has 3 heteroatoms. The highest BCUT2D eigenvalue weighted by atomic mass is 35.5. The molecule has 1 aliphatic carbocycles. The molecule has 0 heterocycles. The molecule has 1 saturated carbocycles. The Labute approximate surface area is 115 Å². The van der Waals surface area contributed by atoms with Crippen LogP contribution in [0.15, 0.2) is 18.2 Å². The first-order valence-corrected chi connectivity index (χ1v) is 7.25. The van der Waals surface area contributed by atoms with E-state index in [1.54, 1.807) is 0 Å². The highest BCUT2D eigenvalue weighted by Crippen LogP contribution is 2.38. The molecule has 0 aromatic heterocycles. The van der Waals surface area contributed by atoms with Crippen LogP contribution in [-0.4, -0.2) is 12.6 Å². The molecule has 1 aromatic carbocycles. The van der Waals surface area contributed by atoms with Gasteiger partial charge in [0.15, 0.2) is 0 Å². The van der Waals surface area contributed by atoms with Crippen molar-refractivity contribution in [1.82, 2.24) is 0 Å². The van der Waals surface area contributed by atoms with Crippen molar-refractivity contribution < 1.29 is 0 Å². The highest BCUT2D eigenvalue weighted by Gasteiger charge is 2.31. The summed E-state index contributed by atoms with van der Waals surface area (Å²) < 4.78 is 0. The second kappa shape index (κ2) is 5.94. The van der Waals surface area contributed by atoms with E-state index in [0.717, 1.165) is 23.0 Å². The minimum Gasteiger partial charge on any atom is -0.367 e. The molecule has 2 rings (SSSR count). The van der Waals surface area contributed by atoms with Crippen molar-refractivity contribution in [2.45, 2.75) is 45.7 Å². The molecule has 1 aliphatic rings. The predicted octanol–water partition coefficient (Wildman–Crippen LogP) is 3.81. The van der Waals surface area contributed by atoms with E-state index < -0.39 is 0 Å². The third-order valence-corrected chi connectivity index (χ3v) is 3.82. The minimum absolute atomic E-state index is 0.556. The maximum absolute atomic E-state index is 6.39. The molecule has 1 aromatic rings. The lowest BCUT2D eigenvalue weighted by Gasteiger charge is -2.28. The van der Waals surface area contributed by atoms with E-state index in [9.17, 15) is 0 Å². The molecule has 0 saturated heterocycles. The fourth-order valence-electron chi connectivity index (χ4n) is 2.31. The Morgan fingerprint density at radius 1 is 1.39 bits per heavy atom. The first kappa shape index (κ1) is 13.7. The van der Waals surface area contributed by atoms with Crippen molar-refractivity contribution in [2.24, 2.45) is 11.7 Å². The summed E-state index contributed by atoms with van der Waals surface area (Å²) in [5, 5.41) is 0.841. The van der Waals surface area contributed by atoms with Crippen molar-refractivity contribution in [2.75, 3.05) is 11.4 Å². The molecule has 2 N–H and O–H groups in total. The van der Waals surface area contributed by atoms with Crippen LogP contribution in [0, 0.1) is 5.92 Å². The number of benzene rings is 1. The van der Waals surface area contributed by atoms with Gasteiger partial charge in [-0.2, -0.15) is 0 Å². The third kappa shape index (κ3) is 3.18. The van der Waals surface area contributed by atoms with Gasteiger partial charge in [0.25, 0.3) is 0 Å². The molecule has 18 heavy (non-hydrogen) atoms. The maximum atomic E-state index is 6.39. The summed E-state index contributed by atoms with van der Waals surface area (Å²) in [6.07, 6.45) is 3.77. The minimum atomic E-state index is 0.556. The number of para-hydroxylation sites is 1. The van der Waals surface area contributed by atoms with E-state index in [1.165, 1.54) is 24.9 Å². The lowest BCUT2D eigenvalue weighted by atomic mass is 10.1. The topological polar surface area (TPSA) is 29.3 Å². The summed E-state index contributed by atoms with van der Waals surface area (Å²) in [7, 11) is 0. The van der Waals surface area contributed by atoms with Crippen LogP contribution in [0.4, 0.5) is 5.69 Å². The van der Waals surface area contributed by atoms with Crippen LogP contribution >= 0.6 is 11.6 Å². The van der Waals surface area contributed by atoms with Crippen LogP contribution in [0.2, 0.25) is 5.02 Å². The smallest absolute Gasteiger partial charge is 0.0643 e. The summed E-state index contributed by atoms with van der Waals surface area (Å²) in [6, 6.07) is 6.72. The Hall–Kier alpha value is -0.730. The molecular weight excluding hydrogens is 244 g/mol. The lowest BCUT2D eigenvalue weighted by Crippen LogP contribution is -2.29. The first-order chi connectivity index (χ1) is 8.63. The Bertz CT molecular complexity index is 399. The average Bonchev–Trinajstić information content (AvgIpc) is 3.15. The first-order valence-electron chi connectivity index (χ1n) is 6.87. The molecule has 0 amide bonds. The number of halogens is 1. The Kier molecular flexibility index (Phi) is 4.52. The van der Waals surface area contributed by atoms with Gasteiger partial charge in [-0.15, -0.1) is 0 Å². The van der Waals surface area contributed by atoms with E-state index >= 15 is 0 Å². The summed E-state index contributed by atoms with van der Waals surface area (Å²) in [6.45, 7) is 6.17. The highest BCUT2D eigenvalue weighted by molar-refractivity contribution is 6.33. The van der Waals surface area contributed by atoms with Gasteiger partial charge in [0.05, 0.1) is 10.7 Å². The average molecular weight is 267 g/mol. The number of hydrogen-bond acceptors (Lipinski definition) is 2. The van der Waals surface area contributed by atoms with Gasteiger partial charge in [-0.3, -0.25) is 0 Å². The quantitative estimate of drug-likeness (QED) is 0.848. The molecule has 0 spiro atoms. The number of rotatable bonds is 6. The second-order valence-electron chi connectivity index (χ2n) is 5.56. The van der Waals surface area contributed by atoms with Crippen LogP contribution < -0.4 is 10.6 Å². The van der Waals surface area contributed by atoms with Gasteiger partial charge in [0, 0.05) is 19.1 Å². The molecule has 0 bridgehead atoms. The molecular formula is C15H23ClN2. The van der Waals surface area contributed by atoms with Crippen LogP contribution in [0.1, 0.15) is 38.7 Å². The number of nitrogens with zero attached hydrogens (tertiary/aromatic N) is 1. The lowest BCUT2D eigenvalue weighted by molar-refractivity contribution is 0.570. The van der Waals surface area contributed by atoms with E-state index in [4.69, 9.17) is 17.3 Å². The van der Waals surface area contributed by atoms with E-state index in [-0.39, 0.29) is 0 Å². The number of anilines is 1. The summed E-state index contributed by atoms with van der Waals surface area (Å²) in [5.74, 6) is 0.718. The van der Waals surface area contributed by atoms with Gasteiger partial charge in [0.1, 0.15) is 0 Å². The van der Waals surface area contributed by atoms with Gasteiger partial charge in [-0.25, -0.2) is 0 Å². The second-order valence-corrected chi connectivity index (χ2v) is 5.97.